The molecule has 0 aliphatic rings. The van der Waals surface area contributed by atoms with Gasteiger partial charge < -0.3 is 0 Å². The molecular weight excluding hydrogens is 259 g/mol. The zero-order valence-electron chi connectivity index (χ0n) is 8.13. The second kappa shape index (κ2) is 5.59. The summed E-state index contributed by atoms with van der Waals surface area (Å²) in [7, 11) is 0. The summed E-state index contributed by atoms with van der Waals surface area (Å²) in [6.07, 6.45) is -0.0816. The minimum absolute atomic E-state index is 0.0225. The van der Waals surface area contributed by atoms with Crippen LogP contribution in [0.1, 0.15) is 17.5 Å². The number of alkyl halides is 3. The van der Waals surface area contributed by atoms with Gasteiger partial charge in [-0.05, 0) is 23.8 Å². The summed E-state index contributed by atoms with van der Waals surface area (Å²) in [5.41, 5.74) is -0.762. The van der Waals surface area contributed by atoms with Gasteiger partial charge in [0.15, 0.2) is 0 Å². The molecule has 0 spiro atoms. The van der Waals surface area contributed by atoms with Crippen molar-refractivity contribution in [3.05, 3.63) is 34.6 Å². The third kappa shape index (κ3) is 3.72. The number of pyridine rings is 1. The van der Waals surface area contributed by atoms with E-state index in [1.807, 2.05) is 0 Å². The Morgan fingerprint density at radius 1 is 1.44 bits per heavy atom. The second-order valence-electron chi connectivity index (χ2n) is 3.01. The summed E-state index contributed by atoms with van der Waals surface area (Å²) in [5.74, 6) is 0.580. The smallest absolute Gasteiger partial charge is 0.244 e. The van der Waals surface area contributed by atoms with Gasteiger partial charge in [0.05, 0.1) is 5.56 Å². The van der Waals surface area contributed by atoms with Crippen LogP contribution in [-0.4, -0.2) is 10.7 Å². The van der Waals surface area contributed by atoms with Gasteiger partial charge in [0.2, 0.25) is 0 Å². The highest BCUT2D eigenvalue weighted by Crippen LogP contribution is 2.32. The molecule has 0 saturated heterocycles. The molecule has 6 heteroatoms. The molecule has 88 valence electrons. The number of hydrogen-bond acceptors (Lipinski definition) is 2. The van der Waals surface area contributed by atoms with Crippen LogP contribution in [0, 0.1) is 0 Å². The van der Waals surface area contributed by atoms with Gasteiger partial charge in [-0.15, -0.1) is 0 Å². The summed E-state index contributed by atoms with van der Waals surface area (Å²) >= 11 is 9.51. The number of hydrogen-bond donors (Lipinski definition) is 1. The van der Waals surface area contributed by atoms with Crippen molar-refractivity contribution in [1.29, 1.82) is 0 Å². The maximum absolute atomic E-state index is 12.6. The molecule has 0 aromatic carbocycles. The number of halogens is 4. The first kappa shape index (κ1) is 13.4. The molecule has 1 rings (SSSR count). The van der Waals surface area contributed by atoms with Gasteiger partial charge in [-0.3, -0.25) is 0 Å². The fourth-order valence-electron chi connectivity index (χ4n) is 1.10. The van der Waals surface area contributed by atoms with Crippen LogP contribution in [0.25, 0.3) is 6.08 Å². The van der Waals surface area contributed by atoms with Gasteiger partial charge in [-0.1, -0.05) is 23.8 Å². The Morgan fingerprint density at radius 3 is 2.69 bits per heavy atom. The first-order valence-corrected chi connectivity index (χ1v) is 5.46. The maximum atomic E-state index is 12.6. The zero-order valence-corrected chi connectivity index (χ0v) is 9.78. The van der Waals surface area contributed by atoms with Crippen LogP contribution in [0.4, 0.5) is 13.2 Å². The average Bonchev–Trinajstić information content (AvgIpc) is 2.16. The number of thiol groups is 1. The van der Waals surface area contributed by atoms with Gasteiger partial charge >= 0.3 is 6.18 Å². The van der Waals surface area contributed by atoms with E-state index in [4.69, 9.17) is 11.6 Å². The third-order valence-electron chi connectivity index (χ3n) is 1.80. The third-order valence-corrected chi connectivity index (χ3v) is 2.27. The Hall–Kier alpha value is -0.680. The SMILES string of the molecule is FC(F)(F)c1cnc(Cl)cc1C=CCCS. The van der Waals surface area contributed by atoms with E-state index in [1.54, 1.807) is 6.08 Å². The summed E-state index contributed by atoms with van der Waals surface area (Å²) in [6, 6.07) is 1.19. The summed E-state index contributed by atoms with van der Waals surface area (Å²) in [4.78, 5) is 3.43. The van der Waals surface area contributed by atoms with Crippen molar-refractivity contribution in [1.82, 2.24) is 4.98 Å². The number of aromatic nitrogens is 1. The minimum atomic E-state index is -4.42. The highest BCUT2D eigenvalue weighted by Gasteiger charge is 2.33. The van der Waals surface area contributed by atoms with Crippen LogP contribution in [0.15, 0.2) is 18.3 Å². The molecule has 0 saturated carbocycles. The number of allylic oxidation sites excluding steroid dienone is 1. The van der Waals surface area contributed by atoms with E-state index in [0.717, 1.165) is 6.20 Å². The Balaban J connectivity index is 3.09. The molecule has 1 nitrogen and oxygen atoms in total. The minimum Gasteiger partial charge on any atom is -0.244 e. The number of nitrogens with zero attached hydrogens (tertiary/aromatic N) is 1. The molecule has 1 aromatic heterocycles. The largest absolute Gasteiger partial charge is 0.418 e. The second-order valence-corrected chi connectivity index (χ2v) is 3.84. The predicted octanol–water partition coefficient (Wildman–Crippen LogP) is 4.09. The lowest BCUT2D eigenvalue weighted by molar-refractivity contribution is -0.137. The van der Waals surface area contributed by atoms with Crippen molar-refractivity contribution in [3.63, 3.8) is 0 Å². The molecule has 0 N–H and O–H groups in total. The number of rotatable bonds is 3. The van der Waals surface area contributed by atoms with Crippen molar-refractivity contribution in [2.24, 2.45) is 0 Å². The molecule has 1 aromatic rings. The highest BCUT2D eigenvalue weighted by atomic mass is 35.5. The first-order chi connectivity index (χ1) is 7.45. The van der Waals surface area contributed by atoms with Crippen LogP contribution in [-0.2, 0) is 6.18 Å². The van der Waals surface area contributed by atoms with Gasteiger partial charge in [0, 0.05) is 6.20 Å². The van der Waals surface area contributed by atoms with Crippen LogP contribution < -0.4 is 0 Å². The molecule has 1 heterocycles. The predicted molar refractivity (Wildman–Crippen MR) is 61.8 cm³/mol. The fraction of sp³-hybridized carbons (Fsp3) is 0.300. The van der Waals surface area contributed by atoms with Crippen molar-refractivity contribution in [2.45, 2.75) is 12.6 Å². The Morgan fingerprint density at radius 2 is 2.12 bits per heavy atom. The standard InChI is InChI=1S/C10H9ClF3NS/c11-9-5-7(3-1-2-4-16)8(6-15-9)10(12,13)14/h1,3,5-6,16H,2,4H2. The Kier molecular flexibility index (Phi) is 4.68. The van der Waals surface area contributed by atoms with E-state index < -0.39 is 11.7 Å². The lowest BCUT2D eigenvalue weighted by Gasteiger charge is -2.09. The summed E-state index contributed by atoms with van der Waals surface area (Å²) in [5, 5.41) is 0.0403. The van der Waals surface area contributed by atoms with Crippen LogP contribution >= 0.6 is 24.2 Å². The van der Waals surface area contributed by atoms with E-state index in [2.05, 4.69) is 17.6 Å². The van der Waals surface area contributed by atoms with Gasteiger partial charge in [-0.25, -0.2) is 4.98 Å². The molecular formula is C10H9ClF3NS. The Labute approximate surface area is 102 Å². The van der Waals surface area contributed by atoms with Gasteiger partial charge in [-0.2, -0.15) is 25.8 Å². The molecule has 0 atom stereocenters. The summed E-state index contributed by atoms with van der Waals surface area (Å²) in [6.45, 7) is 0. The highest BCUT2D eigenvalue weighted by molar-refractivity contribution is 7.80. The van der Waals surface area contributed by atoms with E-state index >= 15 is 0 Å². The molecule has 0 amide bonds. The van der Waals surface area contributed by atoms with Crippen molar-refractivity contribution in [3.8, 4) is 0 Å². The molecule has 0 unspecified atom stereocenters. The van der Waals surface area contributed by atoms with Crippen LogP contribution in [0.3, 0.4) is 0 Å². The van der Waals surface area contributed by atoms with Crippen molar-refractivity contribution in [2.75, 3.05) is 5.75 Å². The average molecular weight is 268 g/mol. The van der Waals surface area contributed by atoms with Crippen LogP contribution in [0.2, 0.25) is 5.15 Å². The molecule has 0 bridgehead atoms. The first-order valence-electron chi connectivity index (χ1n) is 4.45. The maximum Gasteiger partial charge on any atom is 0.418 e. The van der Waals surface area contributed by atoms with E-state index in [0.29, 0.717) is 12.2 Å². The van der Waals surface area contributed by atoms with Crippen molar-refractivity contribution >= 4 is 30.3 Å². The topological polar surface area (TPSA) is 12.9 Å². The van der Waals surface area contributed by atoms with Gasteiger partial charge in [0.1, 0.15) is 5.15 Å². The Bertz CT molecular complexity index is 390. The summed E-state index contributed by atoms with van der Waals surface area (Å²) < 4.78 is 37.7. The van der Waals surface area contributed by atoms with E-state index in [1.165, 1.54) is 12.1 Å². The fourth-order valence-corrected chi connectivity index (χ4v) is 1.42. The molecule has 16 heavy (non-hydrogen) atoms. The molecule has 0 aliphatic carbocycles. The zero-order chi connectivity index (χ0) is 12.2. The van der Waals surface area contributed by atoms with Crippen LogP contribution in [0.5, 0.6) is 0 Å². The molecule has 0 radical (unpaired) electrons. The lowest BCUT2D eigenvalue weighted by atomic mass is 10.1. The van der Waals surface area contributed by atoms with Gasteiger partial charge in [0.25, 0.3) is 0 Å². The normalized spacial score (nSPS) is 12.3. The quantitative estimate of drug-likeness (QED) is 0.643. The van der Waals surface area contributed by atoms with E-state index in [-0.39, 0.29) is 10.7 Å². The lowest BCUT2D eigenvalue weighted by Crippen LogP contribution is -2.08. The molecule has 0 aliphatic heterocycles. The van der Waals surface area contributed by atoms with E-state index in [9.17, 15) is 13.2 Å². The monoisotopic (exact) mass is 267 g/mol. The van der Waals surface area contributed by atoms with Crippen molar-refractivity contribution < 1.29 is 13.2 Å². The molecule has 0 fully saturated rings.